The summed E-state index contributed by atoms with van der Waals surface area (Å²) in [5.74, 6) is 0. The van der Waals surface area contributed by atoms with Crippen molar-refractivity contribution in [2.75, 3.05) is 27.2 Å². The summed E-state index contributed by atoms with van der Waals surface area (Å²) >= 11 is 5.95. The molecule has 1 aromatic heterocycles. The van der Waals surface area contributed by atoms with Gasteiger partial charge in [-0.2, -0.15) is 0 Å². The largest absolute Gasteiger partial charge is 0.387 e. The van der Waals surface area contributed by atoms with Crippen LogP contribution < -0.4 is 5.32 Å². The predicted octanol–water partition coefficient (Wildman–Crippen LogP) is 2.94. The molecule has 0 spiro atoms. The zero-order chi connectivity index (χ0) is 20.3. The maximum Gasteiger partial charge on any atom is 0.242 e. The maximum absolute atomic E-state index is 12.3. The van der Waals surface area contributed by atoms with Gasteiger partial charge in [-0.05, 0) is 48.4 Å². The molecule has 8 heteroatoms. The SMILES string of the molecule is CN(C)S(=O)(=O)c1ccc2c(CCNCC(O)c3cccc(Cl)c3)c[nH]c2c1. The fraction of sp³-hybridized carbons (Fsp3) is 0.300. The van der Waals surface area contributed by atoms with E-state index in [0.717, 1.165) is 28.5 Å². The lowest BCUT2D eigenvalue weighted by Gasteiger charge is -2.12. The average molecular weight is 422 g/mol. The Bertz CT molecular complexity index is 1060. The van der Waals surface area contributed by atoms with Crippen molar-refractivity contribution < 1.29 is 13.5 Å². The Balaban J connectivity index is 1.61. The van der Waals surface area contributed by atoms with Crippen LogP contribution in [-0.4, -0.2) is 50.0 Å². The molecule has 1 heterocycles. The van der Waals surface area contributed by atoms with E-state index in [2.05, 4.69) is 10.3 Å². The van der Waals surface area contributed by atoms with E-state index in [0.29, 0.717) is 18.1 Å². The molecule has 0 aliphatic heterocycles. The molecule has 28 heavy (non-hydrogen) atoms. The smallest absolute Gasteiger partial charge is 0.242 e. The normalized spacial score (nSPS) is 13.3. The number of rotatable bonds is 8. The number of sulfonamides is 1. The third kappa shape index (κ3) is 4.56. The standard InChI is InChI=1S/C20H24ClN3O3S/c1-24(2)28(26,27)17-6-7-18-15(12-23-19(18)11-17)8-9-22-13-20(25)14-4-3-5-16(21)10-14/h3-7,10-12,20,22-23,25H,8-9,13H2,1-2H3. The van der Waals surface area contributed by atoms with Crippen LogP contribution in [0, 0.1) is 0 Å². The van der Waals surface area contributed by atoms with E-state index in [1.54, 1.807) is 24.3 Å². The monoisotopic (exact) mass is 421 g/mol. The molecule has 3 N–H and O–H groups in total. The Morgan fingerprint density at radius 1 is 1.21 bits per heavy atom. The first kappa shape index (κ1) is 20.8. The predicted molar refractivity (Wildman–Crippen MR) is 112 cm³/mol. The van der Waals surface area contributed by atoms with Crippen molar-refractivity contribution in [2.24, 2.45) is 0 Å². The van der Waals surface area contributed by atoms with Crippen molar-refractivity contribution in [3.05, 3.63) is 64.8 Å². The van der Waals surface area contributed by atoms with E-state index in [-0.39, 0.29) is 4.90 Å². The van der Waals surface area contributed by atoms with Gasteiger partial charge in [-0.3, -0.25) is 0 Å². The molecule has 0 amide bonds. The van der Waals surface area contributed by atoms with Crippen LogP contribution in [0.1, 0.15) is 17.2 Å². The van der Waals surface area contributed by atoms with E-state index < -0.39 is 16.1 Å². The summed E-state index contributed by atoms with van der Waals surface area (Å²) in [6.45, 7) is 1.11. The number of halogens is 1. The topological polar surface area (TPSA) is 85.4 Å². The number of aliphatic hydroxyl groups excluding tert-OH is 1. The van der Waals surface area contributed by atoms with Crippen molar-refractivity contribution in [3.63, 3.8) is 0 Å². The first-order valence-corrected chi connectivity index (χ1v) is 10.8. The molecule has 2 aromatic carbocycles. The summed E-state index contributed by atoms with van der Waals surface area (Å²) in [5.41, 5.74) is 2.66. The van der Waals surface area contributed by atoms with Crippen LogP contribution in [-0.2, 0) is 16.4 Å². The molecule has 0 radical (unpaired) electrons. The molecule has 0 bridgehead atoms. The van der Waals surface area contributed by atoms with Gasteiger partial charge in [0.25, 0.3) is 0 Å². The number of aromatic amines is 1. The van der Waals surface area contributed by atoms with Crippen LogP contribution in [0.5, 0.6) is 0 Å². The average Bonchev–Trinajstić information content (AvgIpc) is 3.07. The zero-order valence-corrected chi connectivity index (χ0v) is 17.4. The minimum Gasteiger partial charge on any atom is -0.387 e. The molecular formula is C20H24ClN3O3S. The van der Waals surface area contributed by atoms with Crippen LogP contribution >= 0.6 is 11.6 Å². The molecule has 0 fully saturated rings. The van der Waals surface area contributed by atoms with Gasteiger partial charge in [0.05, 0.1) is 11.0 Å². The number of nitrogens with zero attached hydrogens (tertiary/aromatic N) is 1. The summed E-state index contributed by atoms with van der Waals surface area (Å²) < 4.78 is 25.7. The fourth-order valence-corrected chi connectivity index (χ4v) is 4.16. The van der Waals surface area contributed by atoms with Gasteiger partial charge >= 0.3 is 0 Å². The van der Waals surface area contributed by atoms with Gasteiger partial charge in [-0.25, -0.2) is 12.7 Å². The maximum atomic E-state index is 12.3. The van der Waals surface area contributed by atoms with Gasteiger partial charge in [0, 0.05) is 42.8 Å². The molecule has 1 atom stereocenters. The first-order chi connectivity index (χ1) is 13.3. The third-order valence-electron chi connectivity index (χ3n) is 4.66. The van der Waals surface area contributed by atoms with Gasteiger partial charge < -0.3 is 15.4 Å². The van der Waals surface area contributed by atoms with E-state index in [4.69, 9.17) is 11.6 Å². The highest BCUT2D eigenvalue weighted by Crippen LogP contribution is 2.23. The quantitative estimate of drug-likeness (QED) is 0.488. The molecule has 1 unspecified atom stereocenters. The molecule has 0 saturated carbocycles. The summed E-state index contributed by atoms with van der Waals surface area (Å²) in [6.07, 6.45) is 2.02. The van der Waals surface area contributed by atoms with Crippen LogP contribution in [0.3, 0.4) is 0 Å². The highest BCUT2D eigenvalue weighted by Gasteiger charge is 2.18. The van der Waals surface area contributed by atoms with Gasteiger partial charge in [0.1, 0.15) is 0 Å². The molecule has 3 aromatic rings. The van der Waals surface area contributed by atoms with Crippen LogP contribution in [0.2, 0.25) is 5.02 Å². The second kappa shape index (κ2) is 8.63. The number of aromatic nitrogens is 1. The Labute approximate surface area is 170 Å². The van der Waals surface area contributed by atoms with E-state index in [9.17, 15) is 13.5 Å². The third-order valence-corrected chi connectivity index (χ3v) is 6.71. The lowest BCUT2D eigenvalue weighted by molar-refractivity contribution is 0.175. The van der Waals surface area contributed by atoms with Crippen LogP contribution in [0.15, 0.2) is 53.6 Å². The van der Waals surface area contributed by atoms with Crippen LogP contribution in [0.25, 0.3) is 10.9 Å². The summed E-state index contributed by atoms with van der Waals surface area (Å²) in [6, 6.07) is 12.3. The highest BCUT2D eigenvalue weighted by atomic mass is 35.5. The second-order valence-corrected chi connectivity index (χ2v) is 9.42. The lowest BCUT2D eigenvalue weighted by atomic mass is 10.1. The molecule has 6 nitrogen and oxygen atoms in total. The Hall–Kier alpha value is -1.90. The molecule has 0 aliphatic carbocycles. The van der Waals surface area contributed by atoms with E-state index >= 15 is 0 Å². The molecule has 0 aliphatic rings. The van der Waals surface area contributed by atoms with Crippen molar-refractivity contribution in [3.8, 4) is 0 Å². The number of nitrogens with one attached hydrogen (secondary N) is 2. The number of benzene rings is 2. The molecule has 3 rings (SSSR count). The Kier molecular flexibility index (Phi) is 6.42. The first-order valence-electron chi connectivity index (χ1n) is 8.96. The summed E-state index contributed by atoms with van der Waals surface area (Å²) in [7, 11) is -0.421. The van der Waals surface area contributed by atoms with E-state index in [1.807, 2.05) is 24.4 Å². The second-order valence-electron chi connectivity index (χ2n) is 6.83. The minimum atomic E-state index is -3.46. The summed E-state index contributed by atoms with van der Waals surface area (Å²) in [5, 5.41) is 15.1. The van der Waals surface area contributed by atoms with Crippen LogP contribution in [0.4, 0.5) is 0 Å². The van der Waals surface area contributed by atoms with Gasteiger partial charge in [-0.1, -0.05) is 29.8 Å². The number of hydrogen-bond acceptors (Lipinski definition) is 4. The van der Waals surface area contributed by atoms with Crippen molar-refractivity contribution in [1.82, 2.24) is 14.6 Å². The van der Waals surface area contributed by atoms with Crippen molar-refractivity contribution in [2.45, 2.75) is 17.4 Å². The minimum absolute atomic E-state index is 0.265. The molecule has 150 valence electrons. The van der Waals surface area contributed by atoms with Gasteiger partial charge in [-0.15, -0.1) is 0 Å². The number of hydrogen-bond donors (Lipinski definition) is 3. The van der Waals surface area contributed by atoms with Gasteiger partial charge in [0.15, 0.2) is 0 Å². The lowest BCUT2D eigenvalue weighted by Crippen LogP contribution is -2.23. The fourth-order valence-electron chi connectivity index (χ4n) is 3.04. The number of aliphatic hydroxyl groups is 1. The van der Waals surface area contributed by atoms with E-state index in [1.165, 1.54) is 18.4 Å². The zero-order valence-electron chi connectivity index (χ0n) is 15.8. The Morgan fingerprint density at radius 2 is 2.00 bits per heavy atom. The molecular weight excluding hydrogens is 398 g/mol. The van der Waals surface area contributed by atoms with Gasteiger partial charge in [0.2, 0.25) is 10.0 Å². The number of fused-ring (bicyclic) bond motifs is 1. The molecule has 0 saturated heterocycles. The highest BCUT2D eigenvalue weighted by molar-refractivity contribution is 7.89. The van der Waals surface area contributed by atoms with Crippen molar-refractivity contribution in [1.29, 1.82) is 0 Å². The Morgan fingerprint density at radius 3 is 2.71 bits per heavy atom. The summed E-state index contributed by atoms with van der Waals surface area (Å²) in [4.78, 5) is 3.41. The van der Waals surface area contributed by atoms with Crippen molar-refractivity contribution >= 4 is 32.5 Å². The number of H-pyrrole nitrogens is 1.